The molecule has 0 fully saturated rings. The number of carbonyl (C=O) groups excluding carboxylic acids is 3. The van der Waals surface area contributed by atoms with Crippen molar-refractivity contribution in [2.45, 2.75) is 59.3 Å². The van der Waals surface area contributed by atoms with Gasteiger partial charge in [0.1, 0.15) is 6.61 Å². The molecule has 0 aliphatic rings. The number of hydrogen-bond donors (Lipinski definition) is 1. The highest BCUT2D eigenvalue weighted by atomic mass is 16.5. The Morgan fingerprint density at radius 1 is 1.08 bits per heavy atom. The number of isocyanates is 1. The molecular weight excluding hydrogens is 324 g/mol. The molecular formula is C18H32N2O5. The molecule has 0 aliphatic heterocycles. The van der Waals surface area contributed by atoms with E-state index in [9.17, 15) is 14.4 Å². The summed E-state index contributed by atoms with van der Waals surface area (Å²) in [6.07, 6.45) is 8.50. The lowest BCUT2D eigenvalue weighted by molar-refractivity contribution is -0.138. The normalized spacial score (nSPS) is 9.08. The Labute approximate surface area is 150 Å². The van der Waals surface area contributed by atoms with Crippen LogP contribution in [0.2, 0.25) is 0 Å². The lowest BCUT2D eigenvalue weighted by Gasteiger charge is -2.04. The number of nitrogens with zero attached hydrogens (tertiary/aromatic N) is 1. The summed E-state index contributed by atoms with van der Waals surface area (Å²) in [7, 11) is 0. The van der Waals surface area contributed by atoms with E-state index in [4.69, 9.17) is 4.74 Å². The topological polar surface area (TPSA) is 94.1 Å². The smallest absolute Gasteiger partial charge is 0.407 e. The third-order valence-electron chi connectivity index (χ3n) is 2.92. The first-order valence-electron chi connectivity index (χ1n) is 8.76. The van der Waals surface area contributed by atoms with E-state index >= 15 is 0 Å². The average Bonchev–Trinajstić information content (AvgIpc) is 2.58. The lowest BCUT2D eigenvalue weighted by atomic mass is 10.1. The molecule has 0 saturated carbocycles. The van der Waals surface area contributed by atoms with Crippen LogP contribution in [0.1, 0.15) is 59.3 Å². The molecule has 0 atom stereocenters. The van der Waals surface area contributed by atoms with Crippen LogP contribution in [0.25, 0.3) is 0 Å². The molecule has 0 aromatic heterocycles. The Kier molecular flexibility index (Phi) is 20.0. The summed E-state index contributed by atoms with van der Waals surface area (Å²) >= 11 is 0. The minimum atomic E-state index is -0.467. The molecule has 25 heavy (non-hydrogen) atoms. The van der Waals surface area contributed by atoms with Crippen LogP contribution in [0, 0.1) is 0 Å². The van der Waals surface area contributed by atoms with Crippen molar-refractivity contribution in [2.24, 2.45) is 4.99 Å². The highest BCUT2D eigenvalue weighted by molar-refractivity contribution is 5.86. The molecule has 0 rings (SSSR count). The highest BCUT2D eigenvalue weighted by Crippen LogP contribution is 2.03. The first kappa shape index (κ1) is 25.1. The van der Waals surface area contributed by atoms with E-state index in [0.29, 0.717) is 12.2 Å². The monoisotopic (exact) mass is 356 g/mol. The van der Waals surface area contributed by atoms with Gasteiger partial charge in [0, 0.05) is 12.1 Å². The molecule has 1 N–H and O–H groups in total. The summed E-state index contributed by atoms with van der Waals surface area (Å²) in [5.74, 6) is -0.467. The fourth-order valence-electron chi connectivity index (χ4n) is 1.63. The van der Waals surface area contributed by atoms with Gasteiger partial charge in [-0.2, -0.15) is 0 Å². The van der Waals surface area contributed by atoms with Gasteiger partial charge in [-0.3, -0.25) is 0 Å². The van der Waals surface area contributed by atoms with Crippen molar-refractivity contribution < 1.29 is 23.9 Å². The summed E-state index contributed by atoms with van der Waals surface area (Å²) in [6, 6.07) is 0. The Morgan fingerprint density at radius 2 is 1.72 bits per heavy atom. The minimum absolute atomic E-state index is 0.0981. The van der Waals surface area contributed by atoms with Crippen LogP contribution in [0.4, 0.5) is 4.79 Å². The van der Waals surface area contributed by atoms with E-state index in [1.165, 1.54) is 38.2 Å². The van der Waals surface area contributed by atoms with Crippen LogP contribution in [-0.2, 0) is 19.1 Å². The molecule has 0 unspecified atom stereocenters. The Balaban J connectivity index is 0. The van der Waals surface area contributed by atoms with Crippen molar-refractivity contribution in [3.8, 4) is 0 Å². The maximum atomic E-state index is 10.8. The van der Waals surface area contributed by atoms with Gasteiger partial charge < -0.3 is 14.8 Å². The highest BCUT2D eigenvalue weighted by Gasteiger charge is 2.00. The number of aliphatic imine (C=N–C) groups is 1. The van der Waals surface area contributed by atoms with Gasteiger partial charge in [-0.15, -0.1) is 0 Å². The van der Waals surface area contributed by atoms with E-state index in [1.807, 2.05) is 6.92 Å². The lowest BCUT2D eigenvalue weighted by Crippen LogP contribution is -2.25. The fraction of sp³-hybridized carbons (Fsp3) is 0.722. The summed E-state index contributed by atoms with van der Waals surface area (Å²) in [5, 5.41) is 2.71. The zero-order valence-corrected chi connectivity index (χ0v) is 15.8. The third kappa shape index (κ3) is 21.9. The molecule has 0 aromatic rings. The number of esters is 1. The molecule has 0 saturated heterocycles. The van der Waals surface area contributed by atoms with Crippen LogP contribution in [-0.4, -0.2) is 44.4 Å². The van der Waals surface area contributed by atoms with Gasteiger partial charge in [0.2, 0.25) is 6.08 Å². The van der Waals surface area contributed by atoms with Gasteiger partial charge in [-0.05, 0) is 20.3 Å². The SMILES string of the molecule is C=C(C)C(=O)OCCN=C=O.CCCCCCCCNC(=O)OCC. The summed E-state index contributed by atoms with van der Waals surface area (Å²) in [6.45, 7) is 10.4. The van der Waals surface area contributed by atoms with Crippen LogP contribution in [0.15, 0.2) is 17.1 Å². The van der Waals surface area contributed by atoms with Crippen molar-refractivity contribution in [1.82, 2.24) is 5.32 Å². The summed E-state index contributed by atoms with van der Waals surface area (Å²) in [5.41, 5.74) is 0.333. The van der Waals surface area contributed by atoms with Gasteiger partial charge in [-0.1, -0.05) is 45.6 Å². The maximum absolute atomic E-state index is 10.8. The van der Waals surface area contributed by atoms with E-state index in [1.54, 1.807) is 6.92 Å². The van der Waals surface area contributed by atoms with Gasteiger partial charge in [-0.25, -0.2) is 19.4 Å². The number of rotatable bonds is 12. The molecule has 144 valence electrons. The van der Waals surface area contributed by atoms with Gasteiger partial charge in [0.15, 0.2) is 0 Å². The molecule has 0 radical (unpaired) electrons. The van der Waals surface area contributed by atoms with E-state index in [-0.39, 0.29) is 19.2 Å². The second-order valence-electron chi connectivity index (χ2n) is 5.30. The quantitative estimate of drug-likeness (QED) is 0.190. The van der Waals surface area contributed by atoms with Gasteiger partial charge in [0.05, 0.1) is 13.2 Å². The Morgan fingerprint density at radius 3 is 2.28 bits per heavy atom. The van der Waals surface area contributed by atoms with E-state index in [2.05, 4.69) is 28.5 Å². The zero-order valence-electron chi connectivity index (χ0n) is 15.8. The molecule has 0 aromatic carbocycles. The predicted octanol–water partition coefficient (Wildman–Crippen LogP) is 3.53. The number of ether oxygens (including phenoxy) is 2. The molecule has 0 heterocycles. The summed E-state index contributed by atoms with van der Waals surface area (Å²) < 4.78 is 9.33. The van der Waals surface area contributed by atoms with Crippen LogP contribution >= 0.6 is 0 Å². The molecule has 0 bridgehead atoms. The number of hydrogen-bond acceptors (Lipinski definition) is 6. The molecule has 0 aliphatic carbocycles. The van der Waals surface area contributed by atoms with E-state index < -0.39 is 5.97 Å². The standard InChI is InChI=1S/C11H23NO2.C7H9NO3/c1-3-5-6-7-8-9-10-12-11(13)14-4-2;1-6(2)7(10)11-4-3-8-5-9/h3-10H2,1-2H3,(H,12,13);1,3-4H2,2H3. The number of alkyl carbamates (subject to hydrolysis) is 1. The van der Waals surface area contributed by atoms with Gasteiger partial charge in [0.25, 0.3) is 0 Å². The average molecular weight is 356 g/mol. The Hall–Kier alpha value is -2.14. The fourth-order valence-corrected chi connectivity index (χ4v) is 1.63. The van der Waals surface area contributed by atoms with Crippen LogP contribution in [0.3, 0.4) is 0 Å². The maximum Gasteiger partial charge on any atom is 0.407 e. The van der Waals surface area contributed by atoms with Crippen molar-refractivity contribution in [2.75, 3.05) is 26.3 Å². The molecule has 7 heteroatoms. The number of amides is 1. The van der Waals surface area contributed by atoms with Crippen molar-refractivity contribution in [3.05, 3.63) is 12.2 Å². The molecule has 7 nitrogen and oxygen atoms in total. The zero-order chi connectivity index (χ0) is 19.3. The minimum Gasteiger partial charge on any atom is -0.460 e. The van der Waals surface area contributed by atoms with Crippen molar-refractivity contribution in [1.29, 1.82) is 0 Å². The third-order valence-corrected chi connectivity index (χ3v) is 2.92. The molecule has 1 amide bonds. The molecule has 0 spiro atoms. The van der Waals surface area contributed by atoms with Gasteiger partial charge >= 0.3 is 12.1 Å². The number of carbonyl (C=O) groups is 2. The Bertz CT molecular complexity index is 418. The number of nitrogens with one attached hydrogen (secondary N) is 1. The van der Waals surface area contributed by atoms with Crippen molar-refractivity contribution in [3.63, 3.8) is 0 Å². The summed E-state index contributed by atoms with van der Waals surface area (Å²) in [4.78, 5) is 34.2. The number of unbranched alkanes of at least 4 members (excludes halogenated alkanes) is 5. The van der Waals surface area contributed by atoms with Crippen molar-refractivity contribution >= 4 is 18.1 Å². The first-order chi connectivity index (χ1) is 12.0. The van der Waals surface area contributed by atoms with Crippen LogP contribution in [0.5, 0.6) is 0 Å². The van der Waals surface area contributed by atoms with Crippen LogP contribution < -0.4 is 5.32 Å². The first-order valence-corrected chi connectivity index (χ1v) is 8.76. The van der Waals surface area contributed by atoms with E-state index in [0.717, 1.165) is 13.0 Å². The largest absolute Gasteiger partial charge is 0.460 e. The predicted molar refractivity (Wildman–Crippen MR) is 97.2 cm³/mol. The second-order valence-corrected chi connectivity index (χ2v) is 5.30. The second kappa shape index (κ2) is 19.9.